The Balaban J connectivity index is 2.72. The molecule has 0 saturated carbocycles. The maximum Gasteiger partial charge on any atom is 0.183 e. The number of rotatable bonds is 2. The third-order valence-electron chi connectivity index (χ3n) is 2.33. The minimum absolute atomic E-state index is 0.443. The highest BCUT2D eigenvalue weighted by molar-refractivity contribution is 7.22. The Labute approximate surface area is 98.3 Å². The van der Waals surface area contributed by atoms with Gasteiger partial charge >= 0.3 is 0 Å². The minimum atomic E-state index is 0.443. The normalized spacial score (nSPS) is 11.3. The second-order valence-electron chi connectivity index (χ2n) is 3.77. The van der Waals surface area contributed by atoms with Crippen molar-refractivity contribution in [3.63, 3.8) is 0 Å². The van der Waals surface area contributed by atoms with E-state index in [1.807, 2.05) is 19.2 Å². The molecular formula is C11H13ClN2S. The molecule has 1 heterocycles. The van der Waals surface area contributed by atoms with Crippen LogP contribution in [0, 0.1) is 0 Å². The van der Waals surface area contributed by atoms with Crippen LogP contribution in [-0.4, -0.2) is 12.0 Å². The van der Waals surface area contributed by atoms with Gasteiger partial charge in [0.25, 0.3) is 0 Å². The van der Waals surface area contributed by atoms with Crippen molar-refractivity contribution < 1.29 is 0 Å². The average Bonchev–Trinajstić information content (AvgIpc) is 2.58. The number of nitrogens with one attached hydrogen (secondary N) is 1. The molecule has 2 aromatic rings. The minimum Gasteiger partial charge on any atom is -0.365 e. The van der Waals surface area contributed by atoms with Crippen LogP contribution in [0.4, 0.5) is 5.13 Å². The number of halogens is 1. The quantitative estimate of drug-likeness (QED) is 0.854. The smallest absolute Gasteiger partial charge is 0.183 e. The van der Waals surface area contributed by atoms with E-state index in [4.69, 9.17) is 11.6 Å². The van der Waals surface area contributed by atoms with Gasteiger partial charge in [0.05, 0.1) is 10.2 Å². The van der Waals surface area contributed by atoms with Gasteiger partial charge in [-0.2, -0.15) is 0 Å². The van der Waals surface area contributed by atoms with E-state index < -0.39 is 0 Å². The van der Waals surface area contributed by atoms with Crippen LogP contribution < -0.4 is 5.32 Å². The molecular weight excluding hydrogens is 228 g/mol. The van der Waals surface area contributed by atoms with E-state index in [1.54, 1.807) is 11.3 Å². The molecule has 0 aliphatic rings. The van der Waals surface area contributed by atoms with Crippen LogP contribution >= 0.6 is 22.9 Å². The molecule has 4 heteroatoms. The number of fused-ring (bicyclic) bond motifs is 1. The number of anilines is 1. The van der Waals surface area contributed by atoms with Crippen molar-refractivity contribution in [2.75, 3.05) is 12.4 Å². The van der Waals surface area contributed by atoms with Gasteiger partial charge in [0.2, 0.25) is 0 Å². The van der Waals surface area contributed by atoms with Crippen molar-refractivity contribution in [1.82, 2.24) is 4.98 Å². The van der Waals surface area contributed by atoms with Gasteiger partial charge in [0, 0.05) is 12.1 Å². The van der Waals surface area contributed by atoms with Crippen LogP contribution in [0.15, 0.2) is 12.1 Å². The van der Waals surface area contributed by atoms with E-state index in [0.717, 1.165) is 20.4 Å². The van der Waals surface area contributed by atoms with Crippen LogP contribution in [0.25, 0.3) is 10.2 Å². The molecule has 15 heavy (non-hydrogen) atoms. The van der Waals surface area contributed by atoms with E-state index in [0.29, 0.717) is 5.92 Å². The fourth-order valence-corrected chi connectivity index (χ4v) is 2.75. The third-order valence-corrected chi connectivity index (χ3v) is 3.56. The molecule has 0 spiro atoms. The molecule has 0 aliphatic heterocycles. The first-order valence-electron chi connectivity index (χ1n) is 4.89. The summed E-state index contributed by atoms with van der Waals surface area (Å²) in [6, 6.07) is 3.98. The van der Waals surface area contributed by atoms with Gasteiger partial charge < -0.3 is 5.32 Å². The van der Waals surface area contributed by atoms with Crippen LogP contribution in [0.1, 0.15) is 25.3 Å². The largest absolute Gasteiger partial charge is 0.365 e. The molecule has 0 unspecified atom stereocenters. The standard InChI is InChI=1S/C11H13ClN2S/c1-6(2)8-4-7(12)5-9-10(8)14-11(13-3)15-9/h4-6H,1-3H3,(H,13,14). The molecule has 2 rings (SSSR count). The number of hydrogen-bond acceptors (Lipinski definition) is 3. The lowest BCUT2D eigenvalue weighted by Gasteiger charge is -2.06. The first-order chi connectivity index (χ1) is 7.11. The molecule has 1 aromatic heterocycles. The molecule has 2 nitrogen and oxygen atoms in total. The highest BCUT2D eigenvalue weighted by Crippen LogP contribution is 2.34. The van der Waals surface area contributed by atoms with Crippen molar-refractivity contribution in [2.24, 2.45) is 0 Å². The topological polar surface area (TPSA) is 24.9 Å². The van der Waals surface area contributed by atoms with Gasteiger partial charge in [-0.05, 0) is 23.6 Å². The van der Waals surface area contributed by atoms with Gasteiger partial charge in [-0.3, -0.25) is 0 Å². The molecule has 0 atom stereocenters. The molecule has 0 radical (unpaired) electrons. The second-order valence-corrected chi connectivity index (χ2v) is 5.23. The zero-order valence-electron chi connectivity index (χ0n) is 8.97. The molecule has 1 aromatic carbocycles. The SMILES string of the molecule is CNc1nc2c(C(C)C)cc(Cl)cc2s1. The molecule has 0 bridgehead atoms. The van der Waals surface area contributed by atoms with Crippen LogP contribution in [0.5, 0.6) is 0 Å². The lowest BCUT2D eigenvalue weighted by molar-refractivity contribution is 0.874. The van der Waals surface area contributed by atoms with Gasteiger partial charge in [-0.1, -0.05) is 36.8 Å². The Hall–Kier alpha value is -0.800. The molecule has 0 fully saturated rings. The average molecular weight is 241 g/mol. The molecule has 0 aliphatic carbocycles. The fraction of sp³-hybridized carbons (Fsp3) is 0.364. The second kappa shape index (κ2) is 3.99. The summed E-state index contributed by atoms with van der Waals surface area (Å²) in [6.07, 6.45) is 0. The summed E-state index contributed by atoms with van der Waals surface area (Å²) in [6.45, 7) is 4.31. The first-order valence-corrected chi connectivity index (χ1v) is 6.09. The molecule has 0 saturated heterocycles. The Morgan fingerprint density at radius 2 is 2.13 bits per heavy atom. The van der Waals surface area contributed by atoms with Crippen LogP contribution in [0.2, 0.25) is 5.02 Å². The van der Waals surface area contributed by atoms with E-state index in [2.05, 4.69) is 24.1 Å². The van der Waals surface area contributed by atoms with Gasteiger partial charge in [0.15, 0.2) is 5.13 Å². The third kappa shape index (κ3) is 1.94. The summed E-state index contributed by atoms with van der Waals surface area (Å²) in [4.78, 5) is 4.54. The predicted octanol–water partition coefficient (Wildman–Crippen LogP) is 4.11. The Morgan fingerprint density at radius 1 is 1.40 bits per heavy atom. The van der Waals surface area contributed by atoms with E-state index in [-0.39, 0.29) is 0 Å². The maximum absolute atomic E-state index is 6.08. The maximum atomic E-state index is 6.08. The summed E-state index contributed by atoms with van der Waals surface area (Å²) in [5.41, 5.74) is 2.29. The summed E-state index contributed by atoms with van der Waals surface area (Å²) in [7, 11) is 1.88. The lowest BCUT2D eigenvalue weighted by atomic mass is 10.0. The number of thiazole rings is 1. The zero-order chi connectivity index (χ0) is 11.0. The summed E-state index contributed by atoms with van der Waals surface area (Å²) in [5, 5.41) is 4.79. The first kappa shape index (κ1) is 10.7. The highest BCUT2D eigenvalue weighted by Gasteiger charge is 2.11. The van der Waals surface area contributed by atoms with E-state index in [9.17, 15) is 0 Å². The lowest BCUT2D eigenvalue weighted by Crippen LogP contribution is -1.90. The summed E-state index contributed by atoms with van der Waals surface area (Å²) < 4.78 is 1.15. The van der Waals surface area contributed by atoms with Crippen molar-refractivity contribution in [2.45, 2.75) is 19.8 Å². The van der Waals surface area contributed by atoms with Gasteiger partial charge in [-0.25, -0.2) is 4.98 Å². The highest BCUT2D eigenvalue weighted by atomic mass is 35.5. The molecule has 0 amide bonds. The van der Waals surface area contributed by atoms with Crippen LogP contribution in [0.3, 0.4) is 0 Å². The van der Waals surface area contributed by atoms with E-state index >= 15 is 0 Å². The van der Waals surface area contributed by atoms with E-state index in [1.165, 1.54) is 5.56 Å². The van der Waals surface area contributed by atoms with Crippen LogP contribution in [-0.2, 0) is 0 Å². The predicted molar refractivity (Wildman–Crippen MR) is 68.3 cm³/mol. The van der Waals surface area contributed by atoms with Gasteiger partial charge in [-0.15, -0.1) is 0 Å². The number of hydrogen-bond donors (Lipinski definition) is 1. The zero-order valence-corrected chi connectivity index (χ0v) is 10.5. The molecule has 1 N–H and O–H groups in total. The Bertz CT molecular complexity index is 491. The van der Waals surface area contributed by atoms with Crippen molar-refractivity contribution >= 4 is 38.3 Å². The fourth-order valence-electron chi connectivity index (χ4n) is 1.57. The Kier molecular flexibility index (Phi) is 2.85. The monoisotopic (exact) mass is 240 g/mol. The van der Waals surface area contributed by atoms with Crippen molar-refractivity contribution in [1.29, 1.82) is 0 Å². The van der Waals surface area contributed by atoms with Crippen molar-refractivity contribution in [3.05, 3.63) is 22.7 Å². The summed E-state index contributed by atoms with van der Waals surface area (Å²) in [5.74, 6) is 0.443. The van der Waals surface area contributed by atoms with Crippen molar-refractivity contribution in [3.8, 4) is 0 Å². The number of benzene rings is 1. The number of nitrogens with zero attached hydrogens (tertiary/aromatic N) is 1. The summed E-state index contributed by atoms with van der Waals surface area (Å²) >= 11 is 7.72. The molecule has 80 valence electrons. The van der Waals surface area contributed by atoms with Gasteiger partial charge in [0.1, 0.15) is 0 Å². The number of aromatic nitrogens is 1. The Morgan fingerprint density at radius 3 is 2.73 bits per heavy atom.